The summed E-state index contributed by atoms with van der Waals surface area (Å²) in [5.74, 6) is 1.31. The van der Waals surface area contributed by atoms with Crippen LogP contribution in [-0.2, 0) is 6.54 Å². The predicted molar refractivity (Wildman–Crippen MR) is 78.7 cm³/mol. The molecule has 0 saturated carbocycles. The molecule has 0 radical (unpaired) electrons. The van der Waals surface area contributed by atoms with Crippen LogP contribution < -0.4 is 14.8 Å². The number of nitrogens with zero attached hydrogens (tertiary/aromatic N) is 1. The van der Waals surface area contributed by atoms with Crippen molar-refractivity contribution in [1.82, 2.24) is 10.2 Å². The Labute approximate surface area is 124 Å². The molecule has 0 aliphatic carbocycles. The van der Waals surface area contributed by atoms with E-state index in [9.17, 15) is 5.11 Å². The third-order valence-electron chi connectivity index (χ3n) is 2.94. The Kier molecular flexibility index (Phi) is 5.48. The maximum atomic E-state index is 9.77. The van der Waals surface area contributed by atoms with Gasteiger partial charge in [0.15, 0.2) is 11.5 Å². The molecule has 1 aromatic rings. The van der Waals surface area contributed by atoms with Crippen LogP contribution in [-0.4, -0.2) is 56.5 Å². The topological polar surface area (TPSA) is 54.0 Å². The minimum absolute atomic E-state index is 0.391. The van der Waals surface area contributed by atoms with E-state index in [2.05, 4.69) is 5.32 Å². The maximum absolute atomic E-state index is 9.77. The monoisotopic (exact) mass is 300 g/mol. The lowest BCUT2D eigenvalue weighted by Crippen LogP contribution is -2.34. The molecule has 1 aromatic carbocycles. The molecule has 0 fully saturated rings. The third kappa shape index (κ3) is 4.24. The molecule has 1 aliphatic rings. The number of likely N-dealkylation sites (N-methyl/N-ethyl adjacent to an activating group) is 1. The zero-order valence-electron chi connectivity index (χ0n) is 11.9. The lowest BCUT2D eigenvalue weighted by atomic mass is 10.2. The van der Waals surface area contributed by atoms with Crippen LogP contribution in [0.1, 0.15) is 5.56 Å². The van der Waals surface area contributed by atoms with Crippen molar-refractivity contribution in [2.24, 2.45) is 0 Å². The lowest BCUT2D eigenvalue weighted by Gasteiger charge is -2.21. The molecule has 2 N–H and O–H groups in total. The number of fused-ring (bicyclic) bond motifs is 1. The Morgan fingerprint density at radius 2 is 2.10 bits per heavy atom. The molecule has 0 amide bonds. The summed E-state index contributed by atoms with van der Waals surface area (Å²) >= 11 is 6.17. The number of aliphatic hydroxyl groups excluding tert-OH is 1. The minimum Gasteiger partial charge on any atom is -0.486 e. The SMILES string of the molecule is CN(C)CC(O)CNCc1cc(Cl)c2c(c1)OCCO2. The van der Waals surface area contributed by atoms with Gasteiger partial charge >= 0.3 is 0 Å². The van der Waals surface area contributed by atoms with Gasteiger partial charge in [0.2, 0.25) is 0 Å². The molecule has 2 rings (SSSR count). The second-order valence-electron chi connectivity index (χ2n) is 5.15. The summed E-state index contributed by atoms with van der Waals surface area (Å²) in [7, 11) is 3.87. The molecule has 0 bridgehead atoms. The van der Waals surface area contributed by atoms with E-state index in [1.807, 2.05) is 31.1 Å². The summed E-state index contributed by atoms with van der Waals surface area (Å²) in [5, 5.41) is 13.5. The molecule has 0 spiro atoms. The van der Waals surface area contributed by atoms with Gasteiger partial charge in [-0.05, 0) is 31.8 Å². The standard InChI is InChI=1S/C14H21ClN2O3/c1-17(2)9-11(18)8-16-7-10-5-12(15)14-13(6-10)19-3-4-20-14/h5-6,11,16,18H,3-4,7-9H2,1-2H3. The third-order valence-corrected chi connectivity index (χ3v) is 3.22. The number of rotatable bonds is 6. The predicted octanol–water partition coefficient (Wildman–Crippen LogP) is 1.12. The molecule has 0 saturated heterocycles. The molecule has 112 valence electrons. The van der Waals surface area contributed by atoms with E-state index >= 15 is 0 Å². The van der Waals surface area contributed by atoms with Gasteiger partial charge in [-0.15, -0.1) is 0 Å². The molecule has 1 heterocycles. The van der Waals surface area contributed by atoms with Gasteiger partial charge in [0.05, 0.1) is 11.1 Å². The van der Waals surface area contributed by atoms with Gasteiger partial charge in [-0.25, -0.2) is 0 Å². The van der Waals surface area contributed by atoms with Gasteiger partial charge in [-0.2, -0.15) is 0 Å². The first-order valence-corrected chi connectivity index (χ1v) is 7.05. The highest BCUT2D eigenvalue weighted by Crippen LogP contribution is 2.38. The molecule has 1 atom stereocenters. The Morgan fingerprint density at radius 3 is 2.85 bits per heavy atom. The summed E-state index contributed by atoms with van der Waals surface area (Å²) < 4.78 is 11.0. The van der Waals surface area contributed by atoms with Gasteiger partial charge in [-0.3, -0.25) is 0 Å². The Bertz CT molecular complexity index is 454. The molecule has 6 heteroatoms. The fourth-order valence-electron chi connectivity index (χ4n) is 2.14. The molecular formula is C14H21ClN2O3. The number of halogens is 1. The number of benzene rings is 1. The van der Waals surface area contributed by atoms with E-state index in [1.54, 1.807) is 0 Å². The van der Waals surface area contributed by atoms with Gasteiger partial charge < -0.3 is 24.8 Å². The van der Waals surface area contributed by atoms with Gasteiger partial charge in [0.25, 0.3) is 0 Å². The zero-order valence-corrected chi connectivity index (χ0v) is 12.6. The highest BCUT2D eigenvalue weighted by atomic mass is 35.5. The van der Waals surface area contributed by atoms with Crippen LogP contribution >= 0.6 is 11.6 Å². The van der Waals surface area contributed by atoms with Crippen molar-refractivity contribution in [2.75, 3.05) is 40.4 Å². The fourth-order valence-corrected chi connectivity index (χ4v) is 2.42. The van der Waals surface area contributed by atoms with E-state index in [0.717, 1.165) is 5.56 Å². The molecular weight excluding hydrogens is 280 g/mol. The van der Waals surface area contributed by atoms with Crippen molar-refractivity contribution in [3.63, 3.8) is 0 Å². The number of hydrogen-bond acceptors (Lipinski definition) is 5. The van der Waals surface area contributed by atoms with E-state index < -0.39 is 6.10 Å². The summed E-state index contributed by atoms with van der Waals surface area (Å²) in [6, 6.07) is 3.78. The zero-order chi connectivity index (χ0) is 14.5. The maximum Gasteiger partial charge on any atom is 0.179 e. The molecule has 1 aliphatic heterocycles. The van der Waals surface area contributed by atoms with Gasteiger partial charge in [-0.1, -0.05) is 11.6 Å². The second kappa shape index (κ2) is 7.13. The van der Waals surface area contributed by atoms with Crippen molar-refractivity contribution >= 4 is 11.6 Å². The Balaban J connectivity index is 1.89. The normalized spacial score (nSPS) is 15.4. The summed E-state index contributed by atoms with van der Waals surface area (Å²) in [6.07, 6.45) is -0.391. The molecule has 1 unspecified atom stereocenters. The number of aliphatic hydroxyl groups is 1. The average Bonchev–Trinajstić information content (AvgIpc) is 2.38. The van der Waals surface area contributed by atoms with E-state index in [0.29, 0.717) is 49.4 Å². The number of hydrogen-bond donors (Lipinski definition) is 2. The van der Waals surface area contributed by atoms with Crippen molar-refractivity contribution in [2.45, 2.75) is 12.6 Å². The van der Waals surface area contributed by atoms with Gasteiger partial charge in [0, 0.05) is 19.6 Å². The summed E-state index contributed by atoms with van der Waals surface area (Å²) in [4.78, 5) is 1.95. The van der Waals surface area contributed by atoms with Crippen LogP contribution in [0.2, 0.25) is 5.02 Å². The van der Waals surface area contributed by atoms with E-state index in [-0.39, 0.29) is 0 Å². The van der Waals surface area contributed by atoms with E-state index in [1.165, 1.54) is 0 Å². The van der Waals surface area contributed by atoms with Crippen LogP contribution in [0.3, 0.4) is 0 Å². The fraction of sp³-hybridized carbons (Fsp3) is 0.571. The highest BCUT2D eigenvalue weighted by Gasteiger charge is 2.16. The minimum atomic E-state index is -0.391. The molecule has 5 nitrogen and oxygen atoms in total. The van der Waals surface area contributed by atoms with Crippen molar-refractivity contribution in [3.8, 4) is 11.5 Å². The second-order valence-corrected chi connectivity index (χ2v) is 5.56. The van der Waals surface area contributed by atoms with Crippen molar-refractivity contribution in [1.29, 1.82) is 0 Å². The lowest BCUT2D eigenvalue weighted by molar-refractivity contribution is 0.134. The van der Waals surface area contributed by atoms with Crippen LogP contribution in [0.5, 0.6) is 11.5 Å². The Hall–Kier alpha value is -1.01. The number of nitrogens with one attached hydrogen (secondary N) is 1. The molecule has 0 aromatic heterocycles. The Morgan fingerprint density at radius 1 is 1.35 bits per heavy atom. The smallest absolute Gasteiger partial charge is 0.179 e. The quantitative estimate of drug-likeness (QED) is 0.825. The first-order chi connectivity index (χ1) is 9.56. The number of ether oxygens (including phenoxy) is 2. The van der Waals surface area contributed by atoms with Crippen LogP contribution in [0.25, 0.3) is 0 Å². The van der Waals surface area contributed by atoms with Crippen molar-refractivity contribution < 1.29 is 14.6 Å². The highest BCUT2D eigenvalue weighted by molar-refractivity contribution is 6.32. The first-order valence-electron chi connectivity index (χ1n) is 6.68. The van der Waals surface area contributed by atoms with Crippen LogP contribution in [0.15, 0.2) is 12.1 Å². The first kappa shape index (κ1) is 15.4. The average molecular weight is 301 g/mol. The van der Waals surface area contributed by atoms with Gasteiger partial charge in [0.1, 0.15) is 13.2 Å². The van der Waals surface area contributed by atoms with E-state index in [4.69, 9.17) is 21.1 Å². The summed E-state index contributed by atoms with van der Waals surface area (Å²) in [5.41, 5.74) is 1.01. The summed E-state index contributed by atoms with van der Waals surface area (Å²) in [6.45, 7) is 2.86. The largest absolute Gasteiger partial charge is 0.486 e. The van der Waals surface area contributed by atoms with Crippen LogP contribution in [0.4, 0.5) is 0 Å². The molecule has 20 heavy (non-hydrogen) atoms. The van der Waals surface area contributed by atoms with Crippen molar-refractivity contribution in [3.05, 3.63) is 22.7 Å². The van der Waals surface area contributed by atoms with Crippen LogP contribution in [0, 0.1) is 0 Å².